The summed E-state index contributed by atoms with van der Waals surface area (Å²) in [4.78, 5) is 4.37. The van der Waals surface area contributed by atoms with Gasteiger partial charge in [-0.25, -0.2) is 0 Å². The second-order valence-corrected chi connectivity index (χ2v) is 4.37. The van der Waals surface area contributed by atoms with Crippen LogP contribution in [0, 0.1) is 5.92 Å². The standard InChI is InChI=1S/C9H16N2S/c1-8-4-5-9(2,3)10-7-11(12)6-8/h4-5,7-8,12H,6H2,1-3H3/b5-4-,10-7?. The van der Waals surface area contributed by atoms with Gasteiger partial charge in [0.1, 0.15) is 0 Å². The fraction of sp³-hybridized carbons (Fsp3) is 0.667. The number of aliphatic imine (C=N–C) groups is 1. The molecule has 0 aromatic carbocycles. The Kier molecular flexibility index (Phi) is 2.83. The third-order valence-electron chi connectivity index (χ3n) is 1.83. The van der Waals surface area contributed by atoms with E-state index in [-0.39, 0.29) is 5.54 Å². The lowest BCUT2D eigenvalue weighted by atomic mass is 10.0. The van der Waals surface area contributed by atoms with Crippen molar-refractivity contribution in [2.75, 3.05) is 6.54 Å². The minimum atomic E-state index is -0.0876. The topological polar surface area (TPSA) is 15.6 Å². The molecular formula is C9H16N2S. The smallest absolute Gasteiger partial charge is 0.0958 e. The first-order valence-electron chi connectivity index (χ1n) is 4.20. The van der Waals surface area contributed by atoms with E-state index in [1.807, 2.05) is 4.31 Å². The number of nitrogens with zero attached hydrogens (tertiary/aromatic N) is 2. The Bertz CT molecular complexity index is 189. The summed E-state index contributed by atoms with van der Waals surface area (Å²) in [6.45, 7) is 7.26. The Hall–Kier alpha value is -0.440. The van der Waals surface area contributed by atoms with E-state index in [9.17, 15) is 0 Å². The lowest BCUT2D eigenvalue weighted by Gasteiger charge is -2.22. The molecule has 1 heterocycles. The molecule has 1 unspecified atom stereocenters. The molecule has 0 amide bonds. The molecule has 1 aliphatic rings. The average molecular weight is 184 g/mol. The van der Waals surface area contributed by atoms with Gasteiger partial charge in [0.15, 0.2) is 0 Å². The molecule has 1 rings (SSSR count). The molecule has 12 heavy (non-hydrogen) atoms. The number of thiol groups is 1. The molecule has 1 aliphatic heterocycles. The molecule has 0 bridgehead atoms. The predicted molar refractivity (Wildman–Crippen MR) is 56.6 cm³/mol. The second-order valence-electron chi connectivity index (χ2n) is 3.86. The molecule has 0 aromatic rings. The quantitative estimate of drug-likeness (QED) is 0.450. The summed E-state index contributed by atoms with van der Waals surface area (Å²) in [6, 6.07) is 0. The molecule has 0 saturated carbocycles. The molecule has 0 N–H and O–H groups in total. The molecule has 1 atom stereocenters. The zero-order valence-electron chi connectivity index (χ0n) is 7.86. The van der Waals surface area contributed by atoms with Crippen LogP contribution in [0.25, 0.3) is 0 Å². The zero-order valence-corrected chi connectivity index (χ0v) is 8.75. The normalized spacial score (nSPS) is 31.0. The van der Waals surface area contributed by atoms with Gasteiger partial charge in [-0.1, -0.05) is 31.9 Å². The predicted octanol–water partition coefficient (Wildman–Crippen LogP) is 2.15. The van der Waals surface area contributed by atoms with E-state index < -0.39 is 0 Å². The molecular weight excluding hydrogens is 168 g/mol. The van der Waals surface area contributed by atoms with E-state index in [1.54, 1.807) is 6.34 Å². The average Bonchev–Trinajstić information content (AvgIpc) is 1.96. The highest BCUT2D eigenvalue weighted by molar-refractivity contribution is 7.78. The SMILES string of the molecule is CC1/C=C\C(C)(C)N=CN(S)C1. The van der Waals surface area contributed by atoms with Crippen LogP contribution in [0.3, 0.4) is 0 Å². The maximum atomic E-state index is 4.37. The highest BCUT2D eigenvalue weighted by Gasteiger charge is 2.14. The molecule has 2 nitrogen and oxygen atoms in total. The van der Waals surface area contributed by atoms with Gasteiger partial charge in [0.05, 0.1) is 11.9 Å². The van der Waals surface area contributed by atoms with Gasteiger partial charge in [-0.15, -0.1) is 0 Å². The van der Waals surface area contributed by atoms with Gasteiger partial charge in [0.2, 0.25) is 0 Å². The van der Waals surface area contributed by atoms with Gasteiger partial charge in [-0.05, 0) is 19.8 Å². The molecule has 0 aliphatic carbocycles. The fourth-order valence-electron chi connectivity index (χ4n) is 1.06. The Morgan fingerprint density at radius 1 is 1.58 bits per heavy atom. The third kappa shape index (κ3) is 2.89. The summed E-state index contributed by atoms with van der Waals surface area (Å²) >= 11 is 4.27. The fourth-order valence-corrected chi connectivity index (χ4v) is 1.37. The highest BCUT2D eigenvalue weighted by atomic mass is 32.1. The highest BCUT2D eigenvalue weighted by Crippen LogP contribution is 2.15. The van der Waals surface area contributed by atoms with Crippen molar-refractivity contribution in [3.63, 3.8) is 0 Å². The van der Waals surface area contributed by atoms with Crippen LogP contribution in [0.5, 0.6) is 0 Å². The van der Waals surface area contributed by atoms with Crippen LogP contribution in [0.2, 0.25) is 0 Å². The molecule has 0 aromatic heterocycles. The van der Waals surface area contributed by atoms with Crippen molar-refractivity contribution in [3.8, 4) is 0 Å². The molecule has 3 heteroatoms. The van der Waals surface area contributed by atoms with Crippen molar-refractivity contribution in [1.29, 1.82) is 0 Å². The van der Waals surface area contributed by atoms with Gasteiger partial charge >= 0.3 is 0 Å². The van der Waals surface area contributed by atoms with Gasteiger partial charge < -0.3 is 4.31 Å². The summed E-state index contributed by atoms with van der Waals surface area (Å²) in [6.07, 6.45) is 6.14. The summed E-state index contributed by atoms with van der Waals surface area (Å²) in [5.74, 6) is 0.536. The van der Waals surface area contributed by atoms with Gasteiger partial charge in [-0.3, -0.25) is 4.99 Å². The van der Waals surface area contributed by atoms with Crippen LogP contribution in [-0.4, -0.2) is 22.7 Å². The van der Waals surface area contributed by atoms with Gasteiger partial charge in [0.25, 0.3) is 0 Å². The maximum absolute atomic E-state index is 4.37. The Labute approximate surface area is 79.9 Å². The Balaban J connectivity index is 2.78. The molecule has 0 saturated heterocycles. The van der Waals surface area contributed by atoms with E-state index in [0.29, 0.717) is 5.92 Å². The summed E-state index contributed by atoms with van der Waals surface area (Å²) in [5.41, 5.74) is -0.0876. The van der Waals surface area contributed by atoms with Crippen molar-refractivity contribution in [2.45, 2.75) is 26.3 Å². The largest absolute Gasteiger partial charge is 0.309 e. The molecule has 0 spiro atoms. The van der Waals surface area contributed by atoms with E-state index in [2.05, 4.69) is 50.7 Å². The van der Waals surface area contributed by atoms with Crippen LogP contribution in [-0.2, 0) is 0 Å². The minimum Gasteiger partial charge on any atom is -0.309 e. The molecule has 0 radical (unpaired) electrons. The van der Waals surface area contributed by atoms with Crippen LogP contribution in [0.1, 0.15) is 20.8 Å². The molecule has 0 fully saturated rings. The summed E-state index contributed by atoms with van der Waals surface area (Å²) in [7, 11) is 0. The van der Waals surface area contributed by atoms with Crippen molar-refractivity contribution >= 4 is 19.2 Å². The van der Waals surface area contributed by atoms with E-state index in [1.165, 1.54) is 0 Å². The minimum absolute atomic E-state index is 0.0876. The number of hydrogen-bond acceptors (Lipinski definition) is 3. The first-order chi connectivity index (χ1) is 5.49. The van der Waals surface area contributed by atoms with Gasteiger partial charge in [0, 0.05) is 6.54 Å². The lowest BCUT2D eigenvalue weighted by molar-refractivity contribution is 0.544. The van der Waals surface area contributed by atoms with Crippen LogP contribution in [0.4, 0.5) is 0 Å². The van der Waals surface area contributed by atoms with Crippen molar-refractivity contribution in [3.05, 3.63) is 12.2 Å². The van der Waals surface area contributed by atoms with Crippen LogP contribution >= 0.6 is 12.8 Å². The second kappa shape index (κ2) is 3.52. The van der Waals surface area contributed by atoms with E-state index in [4.69, 9.17) is 0 Å². The maximum Gasteiger partial charge on any atom is 0.0958 e. The number of rotatable bonds is 0. The van der Waals surface area contributed by atoms with Gasteiger partial charge in [-0.2, -0.15) is 0 Å². The first-order valence-corrected chi connectivity index (χ1v) is 4.60. The monoisotopic (exact) mass is 184 g/mol. The summed E-state index contributed by atoms with van der Waals surface area (Å²) < 4.78 is 1.83. The summed E-state index contributed by atoms with van der Waals surface area (Å²) in [5, 5.41) is 0. The first kappa shape index (κ1) is 9.65. The van der Waals surface area contributed by atoms with Crippen LogP contribution < -0.4 is 0 Å². The molecule has 68 valence electrons. The zero-order chi connectivity index (χ0) is 9.19. The number of hydrogen-bond donors (Lipinski definition) is 1. The Morgan fingerprint density at radius 3 is 2.92 bits per heavy atom. The van der Waals surface area contributed by atoms with E-state index in [0.717, 1.165) is 6.54 Å². The van der Waals surface area contributed by atoms with Crippen molar-refractivity contribution in [1.82, 2.24) is 4.31 Å². The lowest BCUT2D eigenvalue weighted by Crippen LogP contribution is -2.24. The third-order valence-corrected chi connectivity index (χ3v) is 2.10. The van der Waals surface area contributed by atoms with Crippen molar-refractivity contribution < 1.29 is 0 Å². The van der Waals surface area contributed by atoms with Crippen molar-refractivity contribution in [2.24, 2.45) is 10.9 Å². The van der Waals surface area contributed by atoms with E-state index >= 15 is 0 Å². The van der Waals surface area contributed by atoms with Crippen LogP contribution in [0.15, 0.2) is 17.1 Å². The Morgan fingerprint density at radius 2 is 2.25 bits per heavy atom.